The number of carbonyl (C=O) groups is 1. The van der Waals surface area contributed by atoms with Crippen molar-refractivity contribution >= 4 is 16.7 Å². The third kappa shape index (κ3) is 2.36. The largest absolute Gasteiger partial charge is 0.481 e. The fraction of sp³-hybridized carbons (Fsp3) is 0.357. The molecule has 0 aliphatic carbocycles. The average molecular weight is 260 g/mol. The van der Waals surface area contributed by atoms with E-state index in [2.05, 4.69) is 10.2 Å². The Morgan fingerprint density at radius 3 is 2.37 bits per heavy atom. The lowest BCUT2D eigenvalue weighted by Gasteiger charge is -2.26. The van der Waals surface area contributed by atoms with Gasteiger partial charge < -0.3 is 5.11 Å². The first-order valence-corrected chi connectivity index (χ1v) is 6.02. The van der Waals surface area contributed by atoms with Crippen LogP contribution in [0.25, 0.3) is 10.8 Å². The number of hydrogen-bond acceptors (Lipinski definition) is 3. The first-order valence-electron chi connectivity index (χ1n) is 6.02. The van der Waals surface area contributed by atoms with Gasteiger partial charge in [0, 0.05) is 5.39 Å². The van der Waals surface area contributed by atoms with E-state index in [0.717, 1.165) is 0 Å². The maximum atomic E-state index is 11.7. The predicted molar refractivity (Wildman–Crippen MR) is 72.2 cm³/mol. The second kappa shape index (κ2) is 4.50. The number of nitrogens with zero attached hydrogens (tertiary/aromatic N) is 1. The van der Waals surface area contributed by atoms with Gasteiger partial charge in [-0.25, -0.2) is 5.10 Å². The number of aromatic amines is 1. The average Bonchev–Trinajstić information content (AvgIpc) is 2.31. The lowest BCUT2D eigenvalue weighted by atomic mass is 9.77. The van der Waals surface area contributed by atoms with Crippen LogP contribution in [-0.2, 0) is 4.79 Å². The number of rotatable bonds is 2. The van der Waals surface area contributed by atoms with Crippen molar-refractivity contribution in [3.8, 4) is 0 Å². The number of aliphatic carboxylic acids is 1. The summed E-state index contributed by atoms with van der Waals surface area (Å²) in [5.74, 6) is -1.73. The minimum atomic E-state index is -0.947. The molecular weight excluding hydrogens is 244 g/mol. The Kier molecular flexibility index (Phi) is 3.14. The smallest absolute Gasteiger partial charge is 0.313 e. The van der Waals surface area contributed by atoms with Crippen molar-refractivity contribution in [1.82, 2.24) is 10.2 Å². The molecule has 0 spiro atoms. The van der Waals surface area contributed by atoms with Crippen molar-refractivity contribution in [3.05, 3.63) is 40.3 Å². The van der Waals surface area contributed by atoms with Crippen LogP contribution < -0.4 is 5.56 Å². The quantitative estimate of drug-likeness (QED) is 0.866. The van der Waals surface area contributed by atoms with Crippen molar-refractivity contribution in [2.45, 2.75) is 26.7 Å². The molecule has 0 amide bonds. The molecule has 0 saturated carbocycles. The summed E-state index contributed by atoms with van der Waals surface area (Å²) in [5.41, 5.74) is -0.410. The Hall–Kier alpha value is -2.17. The van der Waals surface area contributed by atoms with Crippen molar-refractivity contribution in [1.29, 1.82) is 0 Å². The van der Waals surface area contributed by atoms with E-state index in [1.807, 2.05) is 20.8 Å². The molecule has 1 unspecified atom stereocenters. The lowest BCUT2D eigenvalue weighted by Crippen LogP contribution is -2.28. The Bertz CT molecular complexity index is 683. The molecule has 5 heteroatoms. The maximum Gasteiger partial charge on any atom is 0.313 e. The standard InChI is InChI=1S/C14H16N2O3/c1-14(2,3)10(13(18)19)11-8-6-4-5-7-9(8)12(17)16-15-11/h4-7,10H,1-3H3,(H,16,17)(H,18,19). The van der Waals surface area contributed by atoms with E-state index in [-0.39, 0.29) is 5.56 Å². The van der Waals surface area contributed by atoms with Gasteiger partial charge in [-0.3, -0.25) is 9.59 Å². The number of H-pyrrole nitrogens is 1. The number of carboxylic acids is 1. The van der Waals surface area contributed by atoms with Gasteiger partial charge in [-0.2, -0.15) is 5.10 Å². The van der Waals surface area contributed by atoms with Gasteiger partial charge in [0.2, 0.25) is 0 Å². The van der Waals surface area contributed by atoms with Crippen molar-refractivity contribution in [2.24, 2.45) is 5.41 Å². The zero-order valence-corrected chi connectivity index (χ0v) is 11.1. The zero-order chi connectivity index (χ0) is 14.2. The third-order valence-electron chi connectivity index (χ3n) is 3.11. The summed E-state index contributed by atoms with van der Waals surface area (Å²) in [6.45, 7) is 5.52. The van der Waals surface area contributed by atoms with Crippen LogP contribution in [0.15, 0.2) is 29.1 Å². The van der Waals surface area contributed by atoms with Crippen LogP contribution in [0.2, 0.25) is 0 Å². The summed E-state index contributed by atoms with van der Waals surface area (Å²) in [7, 11) is 0. The number of carboxylic acid groups (broad SMARTS) is 1. The van der Waals surface area contributed by atoms with Crippen molar-refractivity contribution in [2.75, 3.05) is 0 Å². The van der Waals surface area contributed by atoms with E-state index in [4.69, 9.17) is 0 Å². The normalized spacial score (nSPS) is 13.4. The van der Waals surface area contributed by atoms with E-state index in [1.165, 1.54) is 0 Å². The van der Waals surface area contributed by atoms with Gasteiger partial charge in [0.15, 0.2) is 0 Å². The summed E-state index contributed by atoms with van der Waals surface area (Å²) < 4.78 is 0. The van der Waals surface area contributed by atoms with Crippen molar-refractivity contribution in [3.63, 3.8) is 0 Å². The Balaban J connectivity index is 2.78. The lowest BCUT2D eigenvalue weighted by molar-refractivity contribution is -0.141. The summed E-state index contributed by atoms with van der Waals surface area (Å²) in [5, 5.41) is 16.9. The number of fused-ring (bicyclic) bond motifs is 1. The van der Waals surface area contributed by atoms with Crippen LogP contribution in [0.3, 0.4) is 0 Å². The Morgan fingerprint density at radius 1 is 1.26 bits per heavy atom. The first kappa shape index (κ1) is 13.3. The molecule has 1 heterocycles. The fourth-order valence-electron chi connectivity index (χ4n) is 2.25. The predicted octanol–water partition coefficient (Wildman–Crippen LogP) is 2.14. The summed E-state index contributed by atoms with van der Waals surface area (Å²) in [6.07, 6.45) is 0. The van der Waals surface area contributed by atoms with E-state index in [9.17, 15) is 14.7 Å². The molecule has 2 rings (SSSR count). The minimum absolute atomic E-state index is 0.308. The molecule has 19 heavy (non-hydrogen) atoms. The highest BCUT2D eigenvalue weighted by Crippen LogP contribution is 2.36. The molecule has 0 bridgehead atoms. The molecule has 0 aliphatic heterocycles. The highest BCUT2D eigenvalue weighted by molar-refractivity contribution is 5.89. The molecule has 0 saturated heterocycles. The number of nitrogens with one attached hydrogen (secondary N) is 1. The van der Waals surface area contributed by atoms with Crippen molar-refractivity contribution < 1.29 is 9.90 Å². The molecule has 0 fully saturated rings. The molecule has 0 aliphatic rings. The second-order valence-electron chi connectivity index (χ2n) is 5.62. The van der Waals surface area contributed by atoms with Crippen LogP contribution in [-0.4, -0.2) is 21.3 Å². The van der Waals surface area contributed by atoms with Gasteiger partial charge in [0.25, 0.3) is 5.56 Å². The molecule has 2 aromatic rings. The zero-order valence-electron chi connectivity index (χ0n) is 11.1. The molecule has 1 atom stereocenters. The molecule has 100 valence electrons. The molecule has 5 nitrogen and oxygen atoms in total. The maximum absolute atomic E-state index is 11.7. The Morgan fingerprint density at radius 2 is 1.84 bits per heavy atom. The van der Waals surface area contributed by atoms with Gasteiger partial charge in [-0.15, -0.1) is 0 Å². The van der Waals surface area contributed by atoms with Crippen LogP contribution in [0.5, 0.6) is 0 Å². The van der Waals surface area contributed by atoms with Gasteiger partial charge in [0.1, 0.15) is 5.92 Å². The summed E-state index contributed by atoms with van der Waals surface area (Å²) in [4.78, 5) is 23.3. The molecule has 2 N–H and O–H groups in total. The second-order valence-corrected chi connectivity index (χ2v) is 5.62. The molecule has 1 aromatic heterocycles. The van der Waals surface area contributed by atoms with Gasteiger partial charge in [0.05, 0.1) is 11.1 Å². The van der Waals surface area contributed by atoms with E-state index in [0.29, 0.717) is 16.5 Å². The van der Waals surface area contributed by atoms with E-state index >= 15 is 0 Å². The van der Waals surface area contributed by atoms with Crippen LogP contribution in [0.1, 0.15) is 32.4 Å². The molecule has 0 radical (unpaired) electrons. The summed E-state index contributed by atoms with van der Waals surface area (Å²) >= 11 is 0. The third-order valence-corrected chi connectivity index (χ3v) is 3.11. The monoisotopic (exact) mass is 260 g/mol. The van der Waals surface area contributed by atoms with Gasteiger partial charge in [-0.05, 0) is 11.5 Å². The van der Waals surface area contributed by atoms with E-state index < -0.39 is 17.3 Å². The SMILES string of the molecule is CC(C)(C)C(C(=O)O)c1n[nH]c(=O)c2ccccc12. The molecule has 1 aromatic carbocycles. The van der Waals surface area contributed by atoms with Gasteiger partial charge >= 0.3 is 5.97 Å². The highest BCUT2D eigenvalue weighted by atomic mass is 16.4. The minimum Gasteiger partial charge on any atom is -0.481 e. The van der Waals surface area contributed by atoms with Crippen LogP contribution in [0, 0.1) is 5.41 Å². The number of hydrogen-bond donors (Lipinski definition) is 2. The highest BCUT2D eigenvalue weighted by Gasteiger charge is 2.35. The number of aromatic nitrogens is 2. The van der Waals surface area contributed by atoms with Crippen LogP contribution in [0.4, 0.5) is 0 Å². The summed E-state index contributed by atoms with van der Waals surface area (Å²) in [6, 6.07) is 6.91. The molecular formula is C14H16N2O3. The topological polar surface area (TPSA) is 83.0 Å². The van der Waals surface area contributed by atoms with Crippen LogP contribution >= 0.6 is 0 Å². The van der Waals surface area contributed by atoms with Gasteiger partial charge in [-0.1, -0.05) is 39.0 Å². The van der Waals surface area contributed by atoms with E-state index in [1.54, 1.807) is 24.3 Å². The number of benzene rings is 1. The fourth-order valence-corrected chi connectivity index (χ4v) is 2.25. The first-order chi connectivity index (χ1) is 8.82. The Labute approximate surface area is 110 Å².